The number of nitrogens with zero attached hydrogens (tertiary/aromatic N) is 4. The highest BCUT2D eigenvalue weighted by atomic mass is 15.1. The lowest BCUT2D eigenvalue weighted by Gasteiger charge is -2.05. The number of nitrogen functional groups attached to an aromatic ring is 2. The first-order valence-electron chi connectivity index (χ1n) is 4.63. The van der Waals surface area contributed by atoms with E-state index >= 15 is 0 Å². The summed E-state index contributed by atoms with van der Waals surface area (Å²) in [5.41, 5.74) is 13.0. The van der Waals surface area contributed by atoms with Gasteiger partial charge >= 0.3 is 0 Å². The van der Waals surface area contributed by atoms with E-state index in [2.05, 4.69) is 19.9 Å². The minimum absolute atomic E-state index is 0.117. The maximum atomic E-state index is 5.69. The minimum atomic E-state index is 0.117. The maximum absolute atomic E-state index is 5.69. The molecular weight excluding hydrogens is 192 g/mol. The van der Waals surface area contributed by atoms with Crippen molar-refractivity contribution >= 4 is 22.9 Å². The van der Waals surface area contributed by atoms with Gasteiger partial charge in [-0.15, -0.1) is 0 Å². The molecule has 2 aromatic heterocycles. The molecule has 0 fully saturated rings. The molecular formula is C9H12N6. The molecule has 4 N–H and O–H groups in total. The highest BCUT2D eigenvalue weighted by Crippen LogP contribution is 2.17. The average molecular weight is 204 g/mol. The lowest BCUT2D eigenvalue weighted by molar-refractivity contribution is 0.820. The van der Waals surface area contributed by atoms with Gasteiger partial charge < -0.3 is 11.5 Å². The molecule has 78 valence electrons. The Morgan fingerprint density at radius 3 is 2.53 bits per heavy atom. The molecule has 0 spiro atoms. The second kappa shape index (κ2) is 3.30. The van der Waals surface area contributed by atoms with Crippen LogP contribution in [-0.4, -0.2) is 19.9 Å². The van der Waals surface area contributed by atoms with E-state index in [9.17, 15) is 0 Å². The van der Waals surface area contributed by atoms with Gasteiger partial charge in [0.2, 0.25) is 5.95 Å². The van der Waals surface area contributed by atoms with Gasteiger partial charge in [-0.1, -0.05) is 13.8 Å². The fourth-order valence-corrected chi connectivity index (χ4v) is 1.24. The van der Waals surface area contributed by atoms with E-state index < -0.39 is 0 Å². The SMILES string of the molecule is CC(C)c1cnc2nc(N)nc(N)c2n1. The summed E-state index contributed by atoms with van der Waals surface area (Å²) in [5, 5.41) is 0. The zero-order valence-electron chi connectivity index (χ0n) is 8.60. The van der Waals surface area contributed by atoms with Gasteiger partial charge in [-0.3, -0.25) is 0 Å². The summed E-state index contributed by atoms with van der Waals surface area (Å²) >= 11 is 0. The summed E-state index contributed by atoms with van der Waals surface area (Å²) in [6, 6.07) is 0. The number of anilines is 2. The zero-order chi connectivity index (χ0) is 11.0. The molecule has 0 atom stereocenters. The second-order valence-corrected chi connectivity index (χ2v) is 3.59. The van der Waals surface area contributed by atoms with E-state index in [4.69, 9.17) is 11.5 Å². The number of aromatic nitrogens is 4. The van der Waals surface area contributed by atoms with Crippen LogP contribution < -0.4 is 11.5 Å². The van der Waals surface area contributed by atoms with E-state index in [-0.39, 0.29) is 11.8 Å². The summed E-state index contributed by atoms with van der Waals surface area (Å²) in [7, 11) is 0. The molecule has 0 aliphatic carbocycles. The van der Waals surface area contributed by atoms with Crippen LogP contribution in [0.25, 0.3) is 11.2 Å². The van der Waals surface area contributed by atoms with E-state index in [0.29, 0.717) is 17.1 Å². The Bertz CT molecular complexity index is 507. The van der Waals surface area contributed by atoms with Crippen LogP contribution in [0, 0.1) is 0 Å². The summed E-state index contributed by atoms with van der Waals surface area (Å²) in [4.78, 5) is 16.3. The molecule has 0 aliphatic rings. The quantitative estimate of drug-likeness (QED) is 0.708. The zero-order valence-corrected chi connectivity index (χ0v) is 8.60. The highest BCUT2D eigenvalue weighted by molar-refractivity contribution is 5.81. The molecule has 2 aromatic rings. The van der Waals surface area contributed by atoms with E-state index in [1.54, 1.807) is 6.20 Å². The minimum Gasteiger partial charge on any atom is -0.382 e. The third kappa shape index (κ3) is 1.65. The van der Waals surface area contributed by atoms with Crippen LogP contribution in [0.3, 0.4) is 0 Å². The molecule has 0 amide bonds. The Hall–Kier alpha value is -1.98. The van der Waals surface area contributed by atoms with E-state index in [1.165, 1.54) is 0 Å². The number of hydrogen-bond acceptors (Lipinski definition) is 6. The van der Waals surface area contributed by atoms with Crippen LogP contribution in [0.5, 0.6) is 0 Å². The molecule has 15 heavy (non-hydrogen) atoms. The molecule has 6 heteroatoms. The molecule has 0 aromatic carbocycles. The average Bonchev–Trinajstić information content (AvgIpc) is 2.16. The van der Waals surface area contributed by atoms with Gasteiger partial charge in [0.1, 0.15) is 0 Å². The summed E-state index contributed by atoms with van der Waals surface area (Å²) in [6.45, 7) is 4.06. The van der Waals surface area contributed by atoms with Crippen molar-refractivity contribution < 1.29 is 0 Å². The number of nitrogens with two attached hydrogens (primary N) is 2. The molecule has 0 unspecified atom stereocenters. The monoisotopic (exact) mass is 204 g/mol. The molecule has 0 radical (unpaired) electrons. The lowest BCUT2D eigenvalue weighted by Crippen LogP contribution is -2.04. The van der Waals surface area contributed by atoms with Crippen LogP contribution >= 0.6 is 0 Å². The third-order valence-electron chi connectivity index (χ3n) is 2.06. The van der Waals surface area contributed by atoms with Crippen molar-refractivity contribution in [2.45, 2.75) is 19.8 Å². The van der Waals surface area contributed by atoms with Crippen molar-refractivity contribution in [2.75, 3.05) is 11.5 Å². The Morgan fingerprint density at radius 2 is 1.87 bits per heavy atom. The lowest BCUT2D eigenvalue weighted by atomic mass is 10.1. The standard InChI is InChI=1S/C9H12N6/c1-4(2)5-3-12-8-6(13-5)7(10)14-9(11)15-8/h3-4H,1-2H3,(H4,10,11,12,14,15). The Kier molecular flexibility index (Phi) is 2.11. The maximum Gasteiger partial charge on any atom is 0.224 e. The Morgan fingerprint density at radius 1 is 1.13 bits per heavy atom. The smallest absolute Gasteiger partial charge is 0.224 e. The fraction of sp³-hybridized carbons (Fsp3) is 0.333. The van der Waals surface area contributed by atoms with Crippen LogP contribution in [0.4, 0.5) is 11.8 Å². The van der Waals surface area contributed by atoms with Crippen LogP contribution in [0.1, 0.15) is 25.5 Å². The van der Waals surface area contributed by atoms with Crippen LogP contribution in [0.15, 0.2) is 6.20 Å². The number of fused-ring (bicyclic) bond motifs is 1. The van der Waals surface area contributed by atoms with Crippen LogP contribution in [0.2, 0.25) is 0 Å². The van der Waals surface area contributed by atoms with E-state index in [1.807, 2.05) is 13.8 Å². The van der Waals surface area contributed by atoms with Gasteiger partial charge in [-0.2, -0.15) is 9.97 Å². The normalized spacial score (nSPS) is 11.1. The highest BCUT2D eigenvalue weighted by Gasteiger charge is 2.08. The van der Waals surface area contributed by atoms with Gasteiger partial charge in [0.05, 0.1) is 11.9 Å². The third-order valence-corrected chi connectivity index (χ3v) is 2.06. The van der Waals surface area contributed by atoms with Crippen molar-refractivity contribution in [3.05, 3.63) is 11.9 Å². The second-order valence-electron chi connectivity index (χ2n) is 3.59. The summed E-state index contributed by atoms with van der Waals surface area (Å²) < 4.78 is 0. The molecule has 2 heterocycles. The molecule has 0 saturated carbocycles. The van der Waals surface area contributed by atoms with Crippen LogP contribution in [-0.2, 0) is 0 Å². The predicted molar refractivity (Wildman–Crippen MR) is 58.0 cm³/mol. The van der Waals surface area contributed by atoms with Gasteiger partial charge in [-0.05, 0) is 5.92 Å². The Balaban J connectivity index is 2.71. The van der Waals surface area contributed by atoms with Gasteiger partial charge in [0.15, 0.2) is 17.0 Å². The van der Waals surface area contributed by atoms with Crippen molar-refractivity contribution in [3.8, 4) is 0 Å². The van der Waals surface area contributed by atoms with Crippen molar-refractivity contribution in [2.24, 2.45) is 0 Å². The molecule has 0 aliphatic heterocycles. The van der Waals surface area contributed by atoms with Gasteiger partial charge in [0, 0.05) is 0 Å². The first-order valence-corrected chi connectivity index (χ1v) is 4.63. The molecule has 6 nitrogen and oxygen atoms in total. The Labute approximate surface area is 86.8 Å². The largest absolute Gasteiger partial charge is 0.382 e. The molecule has 0 saturated heterocycles. The predicted octanol–water partition coefficient (Wildman–Crippen LogP) is 0.708. The van der Waals surface area contributed by atoms with Gasteiger partial charge in [-0.25, -0.2) is 9.97 Å². The number of rotatable bonds is 1. The fourth-order valence-electron chi connectivity index (χ4n) is 1.24. The first kappa shape index (κ1) is 9.57. The van der Waals surface area contributed by atoms with Crippen molar-refractivity contribution in [3.63, 3.8) is 0 Å². The summed E-state index contributed by atoms with van der Waals surface area (Å²) in [5.74, 6) is 0.679. The molecule has 0 bridgehead atoms. The van der Waals surface area contributed by atoms with Gasteiger partial charge in [0.25, 0.3) is 0 Å². The van der Waals surface area contributed by atoms with Crippen molar-refractivity contribution in [1.29, 1.82) is 0 Å². The van der Waals surface area contributed by atoms with Crippen molar-refractivity contribution in [1.82, 2.24) is 19.9 Å². The topological polar surface area (TPSA) is 104 Å². The first-order chi connectivity index (χ1) is 7.08. The number of hydrogen-bond donors (Lipinski definition) is 2. The summed E-state index contributed by atoms with van der Waals surface area (Å²) in [6.07, 6.45) is 1.68. The molecule has 2 rings (SSSR count). The van der Waals surface area contributed by atoms with E-state index in [0.717, 1.165) is 5.69 Å².